The van der Waals surface area contributed by atoms with Crippen LogP contribution in [0.15, 0.2) is 18.5 Å². The van der Waals surface area contributed by atoms with Crippen LogP contribution in [0.3, 0.4) is 0 Å². The van der Waals surface area contributed by atoms with E-state index in [0.717, 1.165) is 18.7 Å². The van der Waals surface area contributed by atoms with E-state index in [9.17, 15) is 4.79 Å². The Labute approximate surface area is 96.8 Å². The van der Waals surface area contributed by atoms with Gasteiger partial charge in [-0.2, -0.15) is 0 Å². The maximum Gasteiger partial charge on any atom is 0.178 e. The molecule has 0 amide bonds. The highest BCUT2D eigenvalue weighted by Gasteiger charge is 2.09. The SMILES string of the molecule is CCOCCN(C)CC(=O)c1ccn(C)c1. The fourth-order valence-corrected chi connectivity index (χ4v) is 1.45. The highest BCUT2D eigenvalue weighted by Crippen LogP contribution is 2.01. The Hall–Kier alpha value is -1.13. The summed E-state index contributed by atoms with van der Waals surface area (Å²) in [5.41, 5.74) is 0.769. The molecule has 0 saturated heterocycles. The van der Waals surface area contributed by atoms with E-state index in [0.29, 0.717) is 13.2 Å². The number of carbonyl (C=O) groups is 1. The van der Waals surface area contributed by atoms with Crippen LogP contribution in [0, 0.1) is 0 Å². The van der Waals surface area contributed by atoms with Crippen molar-refractivity contribution < 1.29 is 9.53 Å². The minimum absolute atomic E-state index is 0.152. The third-order valence-electron chi connectivity index (χ3n) is 2.39. The quantitative estimate of drug-likeness (QED) is 0.515. The van der Waals surface area contributed by atoms with Gasteiger partial charge in [0.1, 0.15) is 0 Å². The van der Waals surface area contributed by atoms with Gasteiger partial charge in [-0.1, -0.05) is 0 Å². The molecule has 90 valence electrons. The van der Waals surface area contributed by atoms with Gasteiger partial charge in [0.2, 0.25) is 0 Å². The second-order valence-corrected chi connectivity index (χ2v) is 3.92. The number of ketones is 1. The first-order valence-corrected chi connectivity index (χ1v) is 5.55. The Morgan fingerprint density at radius 3 is 2.88 bits per heavy atom. The second-order valence-electron chi connectivity index (χ2n) is 3.92. The zero-order valence-electron chi connectivity index (χ0n) is 10.3. The number of aryl methyl sites for hydroxylation is 1. The molecule has 4 nitrogen and oxygen atoms in total. The van der Waals surface area contributed by atoms with Crippen molar-refractivity contribution in [2.45, 2.75) is 6.92 Å². The van der Waals surface area contributed by atoms with Crippen molar-refractivity contribution in [2.24, 2.45) is 7.05 Å². The van der Waals surface area contributed by atoms with Gasteiger partial charge in [-0.3, -0.25) is 9.69 Å². The van der Waals surface area contributed by atoms with E-state index in [1.165, 1.54) is 0 Å². The Morgan fingerprint density at radius 2 is 2.31 bits per heavy atom. The lowest BCUT2D eigenvalue weighted by atomic mass is 10.2. The average molecular weight is 224 g/mol. The molecular weight excluding hydrogens is 204 g/mol. The zero-order chi connectivity index (χ0) is 12.0. The van der Waals surface area contributed by atoms with Crippen LogP contribution < -0.4 is 0 Å². The molecule has 1 heterocycles. The van der Waals surface area contributed by atoms with E-state index >= 15 is 0 Å². The zero-order valence-corrected chi connectivity index (χ0v) is 10.3. The molecule has 0 saturated carbocycles. The summed E-state index contributed by atoms with van der Waals surface area (Å²) in [4.78, 5) is 13.8. The van der Waals surface area contributed by atoms with Crippen LogP contribution in [0.4, 0.5) is 0 Å². The molecule has 0 radical (unpaired) electrons. The van der Waals surface area contributed by atoms with Crippen LogP contribution in [0.2, 0.25) is 0 Å². The van der Waals surface area contributed by atoms with Crippen LogP contribution in [-0.2, 0) is 11.8 Å². The number of Topliss-reactive ketones (excluding diaryl/α,β-unsaturated/α-hetero) is 1. The molecule has 1 aromatic rings. The van der Waals surface area contributed by atoms with E-state index < -0.39 is 0 Å². The summed E-state index contributed by atoms with van der Waals surface area (Å²) in [6, 6.07) is 1.85. The van der Waals surface area contributed by atoms with Crippen molar-refractivity contribution in [2.75, 3.05) is 33.4 Å². The van der Waals surface area contributed by atoms with E-state index in [1.807, 2.05) is 48.9 Å². The number of hydrogen-bond donors (Lipinski definition) is 0. The van der Waals surface area contributed by atoms with Crippen molar-refractivity contribution in [1.29, 1.82) is 0 Å². The van der Waals surface area contributed by atoms with Gasteiger partial charge in [0, 0.05) is 38.2 Å². The van der Waals surface area contributed by atoms with Crippen molar-refractivity contribution in [3.63, 3.8) is 0 Å². The molecule has 0 aliphatic heterocycles. The van der Waals surface area contributed by atoms with E-state index in [4.69, 9.17) is 4.74 Å². The first kappa shape index (κ1) is 12.9. The molecule has 4 heteroatoms. The summed E-state index contributed by atoms with van der Waals surface area (Å²) in [6.45, 7) is 4.59. The molecule has 0 fully saturated rings. The van der Waals surface area contributed by atoms with Gasteiger partial charge in [0.25, 0.3) is 0 Å². The number of nitrogens with zero attached hydrogens (tertiary/aromatic N) is 2. The highest BCUT2D eigenvalue weighted by atomic mass is 16.5. The Bertz CT molecular complexity index is 334. The molecule has 0 aromatic carbocycles. The van der Waals surface area contributed by atoms with E-state index in [-0.39, 0.29) is 5.78 Å². The molecule has 0 aliphatic carbocycles. The van der Waals surface area contributed by atoms with Crippen molar-refractivity contribution in [3.8, 4) is 0 Å². The molecule has 0 bridgehead atoms. The minimum atomic E-state index is 0.152. The van der Waals surface area contributed by atoms with Gasteiger partial charge in [-0.05, 0) is 20.0 Å². The summed E-state index contributed by atoms with van der Waals surface area (Å²) in [5, 5.41) is 0. The maximum absolute atomic E-state index is 11.8. The maximum atomic E-state index is 11.8. The van der Waals surface area contributed by atoms with Crippen LogP contribution >= 0.6 is 0 Å². The first-order valence-electron chi connectivity index (χ1n) is 5.55. The molecule has 0 N–H and O–H groups in total. The topological polar surface area (TPSA) is 34.5 Å². The monoisotopic (exact) mass is 224 g/mol. The van der Waals surface area contributed by atoms with Crippen LogP contribution in [0.1, 0.15) is 17.3 Å². The number of carbonyl (C=O) groups excluding carboxylic acids is 1. The lowest BCUT2D eigenvalue weighted by Crippen LogP contribution is -2.29. The Morgan fingerprint density at radius 1 is 1.56 bits per heavy atom. The molecule has 16 heavy (non-hydrogen) atoms. The summed E-state index contributed by atoms with van der Waals surface area (Å²) in [6.07, 6.45) is 3.73. The van der Waals surface area contributed by atoms with Crippen molar-refractivity contribution in [1.82, 2.24) is 9.47 Å². The number of likely N-dealkylation sites (N-methyl/N-ethyl adjacent to an activating group) is 1. The highest BCUT2D eigenvalue weighted by molar-refractivity contribution is 5.97. The first-order chi connectivity index (χ1) is 7.63. The van der Waals surface area contributed by atoms with Crippen LogP contribution in [-0.4, -0.2) is 48.6 Å². The van der Waals surface area contributed by atoms with E-state index in [1.54, 1.807) is 0 Å². The summed E-state index contributed by atoms with van der Waals surface area (Å²) < 4.78 is 7.12. The average Bonchev–Trinajstić information content (AvgIpc) is 2.65. The van der Waals surface area contributed by atoms with Crippen LogP contribution in [0.25, 0.3) is 0 Å². The number of aromatic nitrogens is 1. The molecule has 0 spiro atoms. The third kappa shape index (κ3) is 4.16. The molecule has 0 atom stereocenters. The smallest absolute Gasteiger partial charge is 0.178 e. The second kappa shape index (κ2) is 6.45. The number of rotatable bonds is 7. The number of hydrogen-bond acceptors (Lipinski definition) is 3. The largest absolute Gasteiger partial charge is 0.380 e. The minimum Gasteiger partial charge on any atom is -0.380 e. The number of ether oxygens (including phenoxy) is 1. The molecule has 0 aliphatic rings. The lowest BCUT2D eigenvalue weighted by molar-refractivity contribution is 0.0896. The fourth-order valence-electron chi connectivity index (χ4n) is 1.45. The lowest BCUT2D eigenvalue weighted by Gasteiger charge is -2.14. The van der Waals surface area contributed by atoms with Gasteiger partial charge >= 0.3 is 0 Å². The predicted octanol–water partition coefficient (Wildman–Crippen LogP) is 1.18. The van der Waals surface area contributed by atoms with Crippen molar-refractivity contribution in [3.05, 3.63) is 24.0 Å². The standard InChI is InChI=1S/C12H20N2O2/c1-4-16-8-7-14(3)10-12(15)11-5-6-13(2)9-11/h5-6,9H,4,7-8,10H2,1-3H3. The van der Waals surface area contributed by atoms with Crippen LogP contribution in [0.5, 0.6) is 0 Å². The van der Waals surface area contributed by atoms with Gasteiger partial charge in [0.05, 0.1) is 13.2 Å². The fraction of sp³-hybridized carbons (Fsp3) is 0.583. The molecule has 0 unspecified atom stereocenters. The molecule has 1 aromatic heterocycles. The predicted molar refractivity (Wildman–Crippen MR) is 63.7 cm³/mol. The normalized spacial score (nSPS) is 11.0. The summed E-state index contributed by atoms with van der Waals surface area (Å²) in [7, 11) is 3.84. The Kier molecular flexibility index (Phi) is 5.22. The van der Waals surface area contributed by atoms with Gasteiger partial charge in [-0.25, -0.2) is 0 Å². The van der Waals surface area contributed by atoms with Crippen molar-refractivity contribution >= 4 is 5.78 Å². The molecule has 1 rings (SSSR count). The molecular formula is C12H20N2O2. The van der Waals surface area contributed by atoms with Gasteiger partial charge in [-0.15, -0.1) is 0 Å². The third-order valence-corrected chi connectivity index (χ3v) is 2.39. The summed E-state index contributed by atoms with van der Waals surface area (Å²) >= 11 is 0. The van der Waals surface area contributed by atoms with Gasteiger partial charge in [0.15, 0.2) is 5.78 Å². The Balaban J connectivity index is 2.33. The van der Waals surface area contributed by atoms with Gasteiger partial charge < -0.3 is 9.30 Å². The summed E-state index contributed by atoms with van der Waals surface area (Å²) in [5.74, 6) is 0.152. The van der Waals surface area contributed by atoms with E-state index in [2.05, 4.69) is 0 Å².